The van der Waals surface area contributed by atoms with Crippen molar-refractivity contribution in [3.05, 3.63) is 27.2 Å². The Balaban J connectivity index is 2.11. The quantitative estimate of drug-likeness (QED) is 0.841. The summed E-state index contributed by atoms with van der Waals surface area (Å²) >= 11 is 1.29. The Morgan fingerprint density at radius 3 is 3.00 bits per heavy atom. The minimum Gasteiger partial charge on any atom is -0.395 e. The third-order valence-electron chi connectivity index (χ3n) is 2.33. The minimum atomic E-state index is -0.308. The number of aryl methyl sites for hydroxylation is 2. The molecule has 0 radical (unpaired) electrons. The standard InChI is InChI=1S/C13H13N3O3S/c1-8-7-11(20-10(8)5-3-4-6-17)12(18)15-13-14-9(2)16-19-13/h7,17H,4,6H2,1-2H3,(H,14,15,16,18). The molecule has 2 aromatic rings. The Hall–Kier alpha value is -2.17. The van der Waals surface area contributed by atoms with Crippen molar-refractivity contribution in [2.45, 2.75) is 20.3 Å². The highest BCUT2D eigenvalue weighted by Gasteiger charge is 2.14. The van der Waals surface area contributed by atoms with Crippen LogP contribution in [0.25, 0.3) is 0 Å². The van der Waals surface area contributed by atoms with Crippen LogP contribution in [0.1, 0.15) is 32.4 Å². The molecule has 7 heteroatoms. The first-order valence-electron chi connectivity index (χ1n) is 5.92. The molecule has 0 fully saturated rings. The normalized spacial score (nSPS) is 9.95. The fourth-order valence-electron chi connectivity index (χ4n) is 1.42. The van der Waals surface area contributed by atoms with Crippen molar-refractivity contribution < 1.29 is 14.4 Å². The smallest absolute Gasteiger partial charge is 0.328 e. The third-order valence-corrected chi connectivity index (χ3v) is 3.48. The van der Waals surface area contributed by atoms with Gasteiger partial charge in [-0.3, -0.25) is 10.1 Å². The van der Waals surface area contributed by atoms with Crippen molar-refractivity contribution in [1.29, 1.82) is 0 Å². The van der Waals surface area contributed by atoms with Gasteiger partial charge in [0.25, 0.3) is 5.91 Å². The number of aliphatic hydroxyl groups is 1. The van der Waals surface area contributed by atoms with Crippen molar-refractivity contribution in [3.8, 4) is 11.8 Å². The summed E-state index contributed by atoms with van der Waals surface area (Å²) < 4.78 is 4.83. The molecule has 2 heterocycles. The van der Waals surface area contributed by atoms with Gasteiger partial charge in [0.15, 0.2) is 5.82 Å². The van der Waals surface area contributed by atoms with Gasteiger partial charge in [0, 0.05) is 6.42 Å². The van der Waals surface area contributed by atoms with E-state index in [1.807, 2.05) is 6.92 Å². The average Bonchev–Trinajstić information content (AvgIpc) is 2.97. The summed E-state index contributed by atoms with van der Waals surface area (Å²) in [6, 6.07) is 1.83. The predicted octanol–water partition coefficient (Wildman–Crippen LogP) is 1.73. The van der Waals surface area contributed by atoms with Gasteiger partial charge in [-0.1, -0.05) is 17.0 Å². The molecule has 0 aromatic carbocycles. The molecule has 0 spiro atoms. The van der Waals surface area contributed by atoms with E-state index in [4.69, 9.17) is 9.63 Å². The predicted molar refractivity (Wildman–Crippen MR) is 74.6 cm³/mol. The summed E-state index contributed by atoms with van der Waals surface area (Å²) in [6.07, 6.45) is 0.417. The number of carbonyl (C=O) groups excluding carboxylic acids is 1. The maximum absolute atomic E-state index is 12.0. The molecule has 2 N–H and O–H groups in total. The number of nitrogens with zero attached hydrogens (tertiary/aromatic N) is 2. The van der Waals surface area contributed by atoms with Crippen molar-refractivity contribution in [1.82, 2.24) is 10.1 Å². The lowest BCUT2D eigenvalue weighted by Gasteiger charge is -1.94. The Labute approximate surface area is 119 Å². The Bertz CT molecular complexity index is 679. The SMILES string of the molecule is Cc1noc(NC(=O)c2cc(C)c(C#CCCO)s2)n1. The topological polar surface area (TPSA) is 88.2 Å². The number of anilines is 1. The van der Waals surface area contributed by atoms with Crippen LogP contribution >= 0.6 is 11.3 Å². The van der Waals surface area contributed by atoms with Crippen molar-refractivity contribution in [3.63, 3.8) is 0 Å². The molecular weight excluding hydrogens is 278 g/mol. The third kappa shape index (κ3) is 3.44. The van der Waals surface area contributed by atoms with Crippen molar-refractivity contribution >= 4 is 23.3 Å². The molecule has 0 aliphatic carbocycles. The summed E-state index contributed by atoms with van der Waals surface area (Å²) in [7, 11) is 0. The second kappa shape index (κ2) is 6.32. The summed E-state index contributed by atoms with van der Waals surface area (Å²) in [6.45, 7) is 3.58. The lowest BCUT2D eigenvalue weighted by Crippen LogP contribution is -2.10. The molecule has 2 aromatic heterocycles. The number of hydrogen-bond donors (Lipinski definition) is 2. The first-order valence-corrected chi connectivity index (χ1v) is 6.73. The van der Waals surface area contributed by atoms with Gasteiger partial charge < -0.3 is 9.63 Å². The van der Waals surface area contributed by atoms with E-state index in [2.05, 4.69) is 27.3 Å². The van der Waals surface area contributed by atoms with Crippen LogP contribution in [0, 0.1) is 25.7 Å². The van der Waals surface area contributed by atoms with E-state index < -0.39 is 0 Å². The number of rotatable bonds is 3. The molecule has 0 saturated carbocycles. The number of amides is 1. The van der Waals surface area contributed by atoms with Crippen LogP contribution in [-0.4, -0.2) is 27.8 Å². The minimum absolute atomic E-state index is 0.0290. The van der Waals surface area contributed by atoms with Crippen LogP contribution in [0.5, 0.6) is 0 Å². The zero-order valence-corrected chi connectivity index (χ0v) is 11.9. The van der Waals surface area contributed by atoms with Gasteiger partial charge >= 0.3 is 6.01 Å². The molecule has 104 valence electrons. The van der Waals surface area contributed by atoms with Crippen LogP contribution in [0.15, 0.2) is 10.6 Å². The monoisotopic (exact) mass is 291 g/mol. The molecule has 0 atom stereocenters. The lowest BCUT2D eigenvalue weighted by molar-refractivity contribution is 0.102. The highest BCUT2D eigenvalue weighted by molar-refractivity contribution is 7.14. The van der Waals surface area contributed by atoms with Gasteiger partial charge in [-0.15, -0.1) is 11.3 Å². The maximum Gasteiger partial charge on any atom is 0.328 e. The molecule has 0 saturated heterocycles. The zero-order chi connectivity index (χ0) is 14.5. The van der Waals surface area contributed by atoms with E-state index in [-0.39, 0.29) is 18.5 Å². The van der Waals surface area contributed by atoms with Gasteiger partial charge in [-0.2, -0.15) is 4.98 Å². The first-order chi connectivity index (χ1) is 9.60. The molecule has 0 aliphatic heterocycles. The van der Waals surface area contributed by atoms with Crippen molar-refractivity contribution in [2.24, 2.45) is 0 Å². The van der Waals surface area contributed by atoms with E-state index in [1.165, 1.54) is 11.3 Å². The highest BCUT2D eigenvalue weighted by Crippen LogP contribution is 2.22. The van der Waals surface area contributed by atoms with Gasteiger partial charge in [-0.05, 0) is 25.5 Å². The van der Waals surface area contributed by atoms with Gasteiger partial charge in [0.2, 0.25) is 0 Å². The van der Waals surface area contributed by atoms with Crippen LogP contribution in [-0.2, 0) is 0 Å². The fraction of sp³-hybridized carbons (Fsp3) is 0.308. The molecule has 20 heavy (non-hydrogen) atoms. The van der Waals surface area contributed by atoms with E-state index in [9.17, 15) is 4.79 Å². The van der Waals surface area contributed by atoms with E-state index >= 15 is 0 Å². The zero-order valence-electron chi connectivity index (χ0n) is 11.1. The van der Waals surface area contributed by atoms with E-state index in [0.717, 1.165) is 10.4 Å². The first kappa shape index (κ1) is 14.2. The Morgan fingerprint density at radius 1 is 1.55 bits per heavy atom. The van der Waals surface area contributed by atoms with E-state index in [1.54, 1.807) is 13.0 Å². The molecular formula is C13H13N3O3S. The molecule has 0 unspecified atom stereocenters. The average molecular weight is 291 g/mol. The molecule has 6 nitrogen and oxygen atoms in total. The highest BCUT2D eigenvalue weighted by atomic mass is 32.1. The van der Waals surface area contributed by atoms with Crippen LogP contribution in [0.2, 0.25) is 0 Å². The summed E-state index contributed by atoms with van der Waals surface area (Å²) in [5.74, 6) is 5.92. The second-order valence-corrected chi connectivity index (χ2v) is 5.05. The summed E-state index contributed by atoms with van der Waals surface area (Å²) in [5.41, 5.74) is 0.923. The number of aromatic nitrogens is 2. The summed E-state index contributed by atoms with van der Waals surface area (Å²) in [4.78, 5) is 17.2. The number of hydrogen-bond acceptors (Lipinski definition) is 6. The van der Waals surface area contributed by atoms with Gasteiger partial charge in [0.1, 0.15) is 0 Å². The van der Waals surface area contributed by atoms with Gasteiger partial charge in [-0.25, -0.2) is 0 Å². The molecule has 2 rings (SSSR count). The van der Waals surface area contributed by atoms with E-state index in [0.29, 0.717) is 17.1 Å². The maximum atomic E-state index is 12.0. The molecule has 0 bridgehead atoms. The number of carbonyl (C=O) groups is 1. The Kier molecular flexibility index (Phi) is 4.50. The largest absolute Gasteiger partial charge is 0.395 e. The second-order valence-electron chi connectivity index (χ2n) is 4.00. The van der Waals surface area contributed by atoms with Crippen molar-refractivity contribution in [2.75, 3.05) is 11.9 Å². The number of aliphatic hydroxyl groups excluding tert-OH is 1. The lowest BCUT2D eigenvalue weighted by atomic mass is 10.2. The van der Waals surface area contributed by atoms with Gasteiger partial charge in [0.05, 0.1) is 16.4 Å². The van der Waals surface area contributed by atoms with Crippen LogP contribution in [0.4, 0.5) is 6.01 Å². The van der Waals surface area contributed by atoms with Crippen LogP contribution in [0.3, 0.4) is 0 Å². The Morgan fingerprint density at radius 2 is 2.35 bits per heavy atom. The fourth-order valence-corrected chi connectivity index (χ4v) is 2.37. The summed E-state index contributed by atoms with van der Waals surface area (Å²) in [5, 5.41) is 14.8. The van der Waals surface area contributed by atoms with Crippen LogP contribution < -0.4 is 5.32 Å². The number of thiophene rings is 1. The molecule has 0 aliphatic rings. The number of nitrogens with one attached hydrogen (secondary N) is 1. The molecule has 1 amide bonds.